The number of benzene rings is 1. The van der Waals surface area contributed by atoms with Gasteiger partial charge in [-0.1, -0.05) is 12.1 Å². The van der Waals surface area contributed by atoms with Gasteiger partial charge in [-0.3, -0.25) is 10.2 Å². The molecule has 1 aliphatic rings. The number of carbonyl (C=O) groups is 1. The van der Waals surface area contributed by atoms with E-state index in [1.807, 2.05) is 38.1 Å². The van der Waals surface area contributed by atoms with E-state index in [1.54, 1.807) is 0 Å². The Kier molecular flexibility index (Phi) is 4.36. The molecular weight excluding hydrogens is 244 g/mol. The summed E-state index contributed by atoms with van der Waals surface area (Å²) in [7, 11) is 0. The fourth-order valence-electron chi connectivity index (χ4n) is 2.10. The minimum atomic E-state index is -0.304. The fraction of sp³-hybridized carbons (Fsp3) is 0.462. The Bertz CT molecular complexity index is 433. The molecule has 2 unspecified atom stereocenters. The maximum atomic E-state index is 11.4. The van der Waals surface area contributed by atoms with Gasteiger partial charge in [0, 0.05) is 6.04 Å². The minimum Gasteiger partial charge on any atom is -0.491 e. The SMILES string of the molecule is CC(C)Oc1ccc(C2CC(C(=O)NN)NN2)cc1. The van der Waals surface area contributed by atoms with Crippen LogP contribution in [0.5, 0.6) is 5.75 Å². The van der Waals surface area contributed by atoms with Gasteiger partial charge in [-0.2, -0.15) is 0 Å². The Morgan fingerprint density at radius 3 is 2.63 bits per heavy atom. The molecule has 1 aromatic carbocycles. The largest absolute Gasteiger partial charge is 0.491 e. The number of amides is 1. The monoisotopic (exact) mass is 264 g/mol. The molecule has 1 fully saturated rings. The van der Waals surface area contributed by atoms with E-state index in [-0.39, 0.29) is 24.1 Å². The van der Waals surface area contributed by atoms with Gasteiger partial charge < -0.3 is 4.74 Å². The quantitative estimate of drug-likeness (QED) is 0.358. The zero-order valence-electron chi connectivity index (χ0n) is 11.1. The van der Waals surface area contributed by atoms with E-state index < -0.39 is 0 Å². The zero-order valence-corrected chi connectivity index (χ0v) is 11.1. The van der Waals surface area contributed by atoms with Crippen molar-refractivity contribution in [3.05, 3.63) is 29.8 Å². The molecule has 1 saturated heterocycles. The maximum Gasteiger partial charge on any atom is 0.252 e. The molecule has 6 nitrogen and oxygen atoms in total. The number of hydrogen-bond acceptors (Lipinski definition) is 5. The summed E-state index contributed by atoms with van der Waals surface area (Å²) < 4.78 is 5.59. The van der Waals surface area contributed by atoms with Crippen LogP contribution < -0.4 is 26.9 Å². The van der Waals surface area contributed by atoms with Crippen LogP contribution in [0, 0.1) is 0 Å². The van der Waals surface area contributed by atoms with E-state index in [9.17, 15) is 4.79 Å². The van der Waals surface area contributed by atoms with Gasteiger partial charge in [-0.05, 0) is 38.0 Å². The summed E-state index contributed by atoms with van der Waals surface area (Å²) in [5.74, 6) is 5.75. The van der Waals surface area contributed by atoms with Gasteiger partial charge in [0.1, 0.15) is 11.8 Å². The van der Waals surface area contributed by atoms with Gasteiger partial charge in [0.2, 0.25) is 0 Å². The van der Waals surface area contributed by atoms with E-state index in [1.165, 1.54) is 0 Å². The number of ether oxygens (including phenoxy) is 1. The molecule has 1 aromatic rings. The summed E-state index contributed by atoms with van der Waals surface area (Å²) in [6.07, 6.45) is 0.822. The first-order valence-corrected chi connectivity index (χ1v) is 6.38. The highest BCUT2D eigenvalue weighted by molar-refractivity contribution is 5.81. The second kappa shape index (κ2) is 6.01. The molecule has 19 heavy (non-hydrogen) atoms. The van der Waals surface area contributed by atoms with Crippen molar-refractivity contribution >= 4 is 5.91 Å². The first-order chi connectivity index (χ1) is 9.10. The Morgan fingerprint density at radius 1 is 1.37 bits per heavy atom. The lowest BCUT2D eigenvalue weighted by atomic mass is 10.0. The van der Waals surface area contributed by atoms with Crippen molar-refractivity contribution in [2.45, 2.75) is 38.5 Å². The predicted octanol–water partition coefficient (Wildman–Crippen LogP) is 0.371. The number of rotatable bonds is 4. The van der Waals surface area contributed by atoms with Crippen molar-refractivity contribution in [1.29, 1.82) is 0 Å². The van der Waals surface area contributed by atoms with Crippen LogP contribution in [0.2, 0.25) is 0 Å². The van der Waals surface area contributed by atoms with Gasteiger partial charge in [0.15, 0.2) is 0 Å². The van der Waals surface area contributed by atoms with Crippen molar-refractivity contribution < 1.29 is 9.53 Å². The molecule has 6 heteroatoms. The van der Waals surface area contributed by atoms with Crippen LogP contribution in [0.3, 0.4) is 0 Å². The molecule has 104 valence electrons. The van der Waals surface area contributed by atoms with Crippen LogP contribution >= 0.6 is 0 Å². The third-order valence-electron chi connectivity index (χ3n) is 3.02. The van der Waals surface area contributed by atoms with Gasteiger partial charge in [0.05, 0.1) is 6.10 Å². The molecule has 1 heterocycles. The first-order valence-electron chi connectivity index (χ1n) is 6.38. The van der Waals surface area contributed by atoms with Gasteiger partial charge in [-0.25, -0.2) is 16.7 Å². The molecule has 0 spiro atoms. The number of nitrogens with one attached hydrogen (secondary N) is 3. The van der Waals surface area contributed by atoms with E-state index >= 15 is 0 Å². The van der Waals surface area contributed by atoms with Crippen molar-refractivity contribution in [2.24, 2.45) is 5.84 Å². The molecule has 2 atom stereocenters. The second-order valence-corrected chi connectivity index (χ2v) is 4.87. The third-order valence-corrected chi connectivity index (χ3v) is 3.02. The molecule has 5 N–H and O–H groups in total. The lowest BCUT2D eigenvalue weighted by Crippen LogP contribution is -2.45. The molecule has 0 bridgehead atoms. The number of carbonyl (C=O) groups excluding carboxylic acids is 1. The molecular formula is C13H20N4O2. The van der Waals surface area contributed by atoms with Crippen LogP contribution in [0.25, 0.3) is 0 Å². The summed E-state index contributed by atoms with van der Waals surface area (Å²) in [5, 5.41) is 0. The normalized spacial score (nSPS) is 22.5. The molecule has 0 radical (unpaired) electrons. The van der Waals surface area contributed by atoms with Crippen molar-refractivity contribution in [1.82, 2.24) is 16.3 Å². The maximum absolute atomic E-state index is 11.4. The average Bonchev–Trinajstić information content (AvgIpc) is 2.87. The van der Waals surface area contributed by atoms with E-state index in [0.29, 0.717) is 6.42 Å². The fourth-order valence-corrected chi connectivity index (χ4v) is 2.10. The van der Waals surface area contributed by atoms with Gasteiger partial charge in [-0.15, -0.1) is 0 Å². The summed E-state index contributed by atoms with van der Waals surface area (Å²) in [6, 6.07) is 7.66. The van der Waals surface area contributed by atoms with Crippen LogP contribution in [0.15, 0.2) is 24.3 Å². The summed E-state index contributed by atoms with van der Waals surface area (Å²) >= 11 is 0. The lowest BCUT2D eigenvalue weighted by Gasteiger charge is -2.13. The lowest BCUT2D eigenvalue weighted by molar-refractivity contribution is -0.122. The molecule has 1 aliphatic heterocycles. The molecule has 2 rings (SSSR count). The van der Waals surface area contributed by atoms with Crippen LogP contribution in [0.4, 0.5) is 0 Å². The topological polar surface area (TPSA) is 88.4 Å². The molecule has 1 amide bonds. The number of hydrazine groups is 2. The Hall–Kier alpha value is -1.63. The van der Waals surface area contributed by atoms with E-state index in [4.69, 9.17) is 10.6 Å². The van der Waals surface area contributed by atoms with Gasteiger partial charge in [0.25, 0.3) is 5.91 Å². The van der Waals surface area contributed by atoms with Crippen molar-refractivity contribution in [3.63, 3.8) is 0 Å². The Morgan fingerprint density at radius 2 is 2.05 bits per heavy atom. The van der Waals surface area contributed by atoms with Crippen LogP contribution in [-0.4, -0.2) is 18.1 Å². The number of nitrogens with two attached hydrogens (primary N) is 1. The number of hydrogen-bond donors (Lipinski definition) is 4. The molecule has 0 aliphatic carbocycles. The highest BCUT2D eigenvalue weighted by Gasteiger charge is 2.29. The highest BCUT2D eigenvalue weighted by atomic mass is 16.5. The van der Waals surface area contributed by atoms with Gasteiger partial charge >= 0.3 is 0 Å². The van der Waals surface area contributed by atoms with E-state index in [2.05, 4.69) is 16.3 Å². The highest BCUT2D eigenvalue weighted by Crippen LogP contribution is 2.24. The third kappa shape index (κ3) is 3.44. The molecule has 0 saturated carbocycles. The predicted molar refractivity (Wildman–Crippen MR) is 72.0 cm³/mol. The second-order valence-electron chi connectivity index (χ2n) is 4.87. The average molecular weight is 264 g/mol. The zero-order chi connectivity index (χ0) is 13.8. The van der Waals surface area contributed by atoms with E-state index in [0.717, 1.165) is 11.3 Å². The smallest absolute Gasteiger partial charge is 0.252 e. The summed E-state index contributed by atoms with van der Waals surface area (Å²) in [5.41, 5.74) is 9.28. The Labute approximate surface area is 112 Å². The van der Waals surface area contributed by atoms with Crippen molar-refractivity contribution in [3.8, 4) is 5.75 Å². The van der Waals surface area contributed by atoms with Crippen LogP contribution in [-0.2, 0) is 4.79 Å². The molecule has 0 aromatic heterocycles. The summed E-state index contributed by atoms with van der Waals surface area (Å²) in [4.78, 5) is 11.4. The van der Waals surface area contributed by atoms with Crippen molar-refractivity contribution in [2.75, 3.05) is 0 Å². The van der Waals surface area contributed by atoms with Crippen LogP contribution in [0.1, 0.15) is 31.9 Å². The first kappa shape index (κ1) is 13.8. The standard InChI is InChI=1S/C13H20N4O2/c1-8(2)19-10-5-3-9(4-6-10)11-7-12(17-16-11)13(18)15-14/h3-6,8,11-12,16-17H,7,14H2,1-2H3,(H,15,18). The minimum absolute atomic E-state index is 0.0930. The Balaban J connectivity index is 1.98. The summed E-state index contributed by atoms with van der Waals surface area (Å²) in [6.45, 7) is 3.98.